The number of benzene rings is 2. The summed E-state index contributed by atoms with van der Waals surface area (Å²) in [5.41, 5.74) is 9.20. The fraction of sp³-hybridized carbons (Fsp3) is 0.387. The normalized spacial score (nSPS) is 22.6. The largest absolute Gasteiger partial charge is 0.478 e. The number of hydrogen-bond donors (Lipinski definition) is 4. The van der Waals surface area contributed by atoms with Crippen LogP contribution in [0, 0.1) is 12.7 Å². The molecule has 2 fully saturated rings. The first-order chi connectivity index (χ1) is 19.7. The average Bonchev–Trinajstić information content (AvgIpc) is 2.97. The molecule has 1 amide bonds. The van der Waals surface area contributed by atoms with E-state index in [1.54, 1.807) is 19.1 Å². The molecule has 0 spiro atoms. The molecule has 5 N–H and O–H groups in total. The molecule has 0 bridgehead atoms. The predicted octanol–water partition coefficient (Wildman–Crippen LogP) is 3.83. The van der Waals surface area contributed by atoms with Gasteiger partial charge >= 0.3 is 5.97 Å². The number of ether oxygens (including phenoxy) is 2. The summed E-state index contributed by atoms with van der Waals surface area (Å²) in [7, 11) is 0. The van der Waals surface area contributed by atoms with Gasteiger partial charge in [0.05, 0.1) is 24.9 Å². The van der Waals surface area contributed by atoms with E-state index in [-0.39, 0.29) is 42.1 Å². The molecule has 0 radical (unpaired) electrons. The zero-order valence-electron chi connectivity index (χ0n) is 23.0. The van der Waals surface area contributed by atoms with Gasteiger partial charge in [-0.05, 0) is 67.0 Å². The molecule has 41 heavy (non-hydrogen) atoms. The Bertz CT molecular complexity index is 1400. The number of pyridine rings is 1. The quantitative estimate of drug-likeness (QED) is 0.325. The van der Waals surface area contributed by atoms with Gasteiger partial charge < -0.3 is 30.9 Å². The van der Waals surface area contributed by atoms with Crippen LogP contribution in [0.4, 0.5) is 4.39 Å². The highest BCUT2D eigenvalue weighted by atomic mass is 19.1. The number of rotatable bonds is 8. The zero-order valence-corrected chi connectivity index (χ0v) is 23.0. The Labute approximate surface area is 238 Å². The molecule has 5 rings (SSSR count). The molecular formula is C31H35FN4O5. The molecule has 2 heterocycles. The molecule has 216 valence electrons. The number of carbonyl (C=O) groups is 2. The molecule has 3 aromatic rings. The lowest BCUT2D eigenvalue weighted by molar-refractivity contribution is -0.195. The minimum Gasteiger partial charge on any atom is -0.478 e. The van der Waals surface area contributed by atoms with E-state index in [1.165, 1.54) is 0 Å². The summed E-state index contributed by atoms with van der Waals surface area (Å²) in [4.78, 5) is 29.5. The third-order valence-electron chi connectivity index (χ3n) is 7.85. The molecular weight excluding hydrogens is 527 g/mol. The first kappa shape index (κ1) is 28.7. The van der Waals surface area contributed by atoms with E-state index in [2.05, 4.69) is 15.6 Å². The first-order valence-electron chi connectivity index (χ1n) is 13.9. The van der Waals surface area contributed by atoms with Gasteiger partial charge in [-0.15, -0.1) is 0 Å². The van der Waals surface area contributed by atoms with E-state index >= 15 is 0 Å². The van der Waals surface area contributed by atoms with Crippen LogP contribution in [0.15, 0.2) is 54.7 Å². The van der Waals surface area contributed by atoms with Gasteiger partial charge in [0.15, 0.2) is 0 Å². The van der Waals surface area contributed by atoms with Gasteiger partial charge in [-0.3, -0.25) is 4.79 Å². The summed E-state index contributed by atoms with van der Waals surface area (Å²) >= 11 is 0. The number of aromatic carboxylic acids is 1. The second-order valence-corrected chi connectivity index (χ2v) is 10.7. The smallest absolute Gasteiger partial charge is 0.335 e. The third kappa shape index (κ3) is 6.56. The molecule has 1 saturated heterocycles. The highest BCUT2D eigenvalue weighted by molar-refractivity contribution is 5.96. The second kappa shape index (κ2) is 12.3. The standard InChI is InChI=1S/C31H35FN4O5/c1-19-24(30(38)39)11-12-25(20-5-3-2-4-6-20)27(19)16-31(18-34-13-14-40-31)41-29-26(15-21(32)17-35-29)28(37)36-23-9-7-22(33)8-10-23/h2-6,11-12,15,17,22-23,34H,7-10,13-14,16,18,33H2,1H3,(H,36,37)(H,38,39). The van der Waals surface area contributed by atoms with E-state index < -0.39 is 23.5 Å². The van der Waals surface area contributed by atoms with Crippen molar-refractivity contribution in [3.8, 4) is 17.0 Å². The zero-order chi connectivity index (χ0) is 29.0. The lowest BCUT2D eigenvalue weighted by Crippen LogP contribution is -2.55. The van der Waals surface area contributed by atoms with Crippen molar-refractivity contribution >= 4 is 11.9 Å². The van der Waals surface area contributed by atoms with Crippen molar-refractivity contribution in [1.82, 2.24) is 15.6 Å². The minimum atomic E-state index is -1.35. The van der Waals surface area contributed by atoms with Crippen LogP contribution in [-0.4, -0.2) is 59.5 Å². The van der Waals surface area contributed by atoms with Crippen LogP contribution in [0.25, 0.3) is 11.1 Å². The monoisotopic (exact) mass is 562 g/mol. The number of carboxylic acids is 1. The number of nitrogens with one attached hydrogen (secondary N) is 2. The summed E-state index contributed by atoms with van der Waals surface area (Å²) in [5.74, 6) is -3.60. The van der Waals surface area contributed by atoms with Crippen molar-refractivity contribution in [2.75, 3.05) is 19.7 Å². The Kier molecular flexibility index (Phi) is 8.63. The molecule has 1 atom stereocenters. The number of nitrogens with two attached hydrogens (primary N) is 1. The maximum atomic E-state index is 14.4. The van der Waals surface area contributed by atoms with Crippen molar-refractivity contribution < 1.29 is 28.6 Å². The van der Waals surface area contributed by atoms with Gasteiger partial charge in [0.2, 0.25) is 11.7 Å². The van der Waals surface area contributed by atoms with E-state index in [9.17, 15) is 19.1 Å². The highest BCUT2D eigenvalue weighted by Gasteiger charge is 2.39. The Hall–Kier alpha value is -3.86. The summed E-state index contributed by atoms with van der Waals surface area (Å²) in [6.07, 6.45) is 4.24. The van der Waals surface area contributed by atoms with Crippen LogP contribution in [0.1, 0.15) is 57.5 Å². The molecule has 10 heteroatoms. The number of amides is 1. The van der Waals surface area contributed by atoms with Gasteiger partial charge in [0, 0.05) is 25.0 Å². The van der Waals surface area contributed by atoms with Crippen molar-refractivity contribution in [2.24, 2.45) is 5.73 Å². The fourth-order valence-corrected chi connectivity index (χ4v) is 5.60. The Morgan fingerprint density at radius 3 is 2.61 bits per heavy atom. The molecule has 9 nitrogen and oxygen atoms in total. The highest BCUT2D eigenvalue weighted by Crippen LogP contribution is 2.34. The maximum absolute atomic E-state index is 14.4. The van der Waals surface area contributed by atoms with Gasteiger partial charge in [-0.1, -0.05) is 36.4 Å². The van der Waals surface area contributed by atoms with Crippen molar-refractivity contribution in [1.29, 1.82) is 0 Å². The molecule has 2 aliphatic rings. The van der Waals surface area contributed by atoms with Gasteiger partial charge in [0.25, 0.3) is 5.91 Å². The maximum Gasteiger partial charge on any atom is 0.335 e. The summed E-state index contributed by atoms with van der Waals surface area (Å²) < 4.78 is 27.0. The topological polar surface area (TPSA) is 136 Å². The predicted molar refractivity (Wildman–Crippen MR) is 151 cm³/mol. The number of halogens is 1. The van der Waals surface area contributed by atoms with Crippen LogP contribution in [-0.2, 0) is 11.2 Å². The lowest BCUT2D eigenvalue weighted by Gasteiger charge is -2.38. The van der Waals surface area contributed by atoms with Crippen molar-refractivity contribution in [2.45, 2.75) is 56.9 Å². The van der Waals surface area contributed by atoms with Crippen molar-refractivity contribution in [3.05, 3.63) is 82.8 Å². The van der Waals surface area contributed by atoms with Crippen LogP contribution < -0.4 is 21.1 Å². The lowest BCUT2D eigenvalue weighted by atomic mass is 9.88. The van der Waals surface area contributed by atoms with Crippen LogP contribution >= 0.6 is 0 Å². The molecule has 1 aliphatic carbocycles. The molecule has 1 aromatic heterocycles. The second-order valence-electron chi connectivity index (χ2n) is 10.7. The van der Waals surface area contributed by atoms with Crippen LogP contribution in [0.3, 0.4) is 0 Å². The van der Waals surface area contributed by atoms with E-state index in [0.29, 0.717) is 18.7 Å². The number of morpholine rings is 1. The SMILES string of the molecule is Cc1c(C(=O)O)ccc(-c2ccccc2)c1CC1(Oc2ncc(F)cc2C(=O)NC2CCC(N)CC2)CNCCO1. The van der Waals surface area contributed by atoms with Crippen molar-refractivity contribution in [3.63, 3.8) is 0 Å². The van der Waals surface area contributed by atoms with Crippen LogP contribution in [0.2, 0.25) is 0 Å². The van der Waals surface area contributed by atoms with Gasteiger partial charge in [0.1, 0.15) is 11.4 Å². The number of carbonyl (C=O) groups excluding carboxylic acids is 1. The Balaban J connectivity index is 1.51. The first-order valence-corrected chi connectivity index (χ1v) is 13.9. The molecule has 2 aromatic carbocycles. The van der Waals surface area contributed by atoms with Gasteiger partial charge in [-0.25, -0.2) is 14.2 Å². The van der Waals surface area contributed by atoms with E-state index in [4.69, 9.17) is 15.2 Å². The summed E-state index contributed by atoms with van der Waals surface area (Å²) in [6, 6.07) is 14.2. The molecule has 1 saturated carbocycles. The molecule has 1 unspecified atom stereocenters. The number of carboxylic acid groups (broad SMARTS) is 1. The summed E-state index contributed by atoms with van der Waals surface area (Å²) in [6.45, 7) is 2.89. The third-order valence-corrected chi connectivity index (χ3v) is 7.85. The van der Waals surface area contributed by atoms with E-state index in [1.807, 2.05) is 30.3 Å². The summed E-state index contributed by atoms with van der Waals surface area (Å²) in [5, 5.41) is 16.1. The number of hydrogen-bond acceptors (Lipinski definition) is 7. The minimum absolute atomic E-state index is 0.0345. The van der Waals surface area contributed by atoms with Gasteiger partial charge in [-0.2, -0.15) is 0 Å². The Morgan fingerprint density at radius 2 is 1.93 bits per heavy atom. The average molecular weight is 563 g/mol. The van der Waals surface area contributed by atoms with E-state index in [0.717, 1.165) is 54.6 Å². The number of nitrogens with zero attached hydrogens (tertiary/aromatic N) is 1. The fourth-order valence-electron chi connectivity index (χ4n) is 5.60. The van der Waals surface area contributed by atoms with Crippen LogP contribution in [0.5, 0.6) is 5.88 Å². The molecule has 1 aliphatic heterocycles. The Morgan fingerprint density at radius 1 is 1.17 bits per heavy atom. The number of aromatic nitrogens is 1.